The molecule has 3 heterocycles. The second kappa shape index (κ2) is 7.95. The molecular formula is C19H15Cl2N3O3S. The average molecular weight is 436 g/mol. The molecular weight excluding hydrogens is 421 g/mol. The largest absolute Gasteiger partial charge is 0.467 e. The number of amides is 2. The zero-order valence-electron chi connectivity index (χ0n) is 14.5. The number of halogens is 2. The third kappa shape index (κ3) is 4.06. The maximum atomic E-state index is 12.6. The zero-order chi connectivity index (χ0) is 19.7. The van der Waals surface area contributed by atoms with Crippen LogP contribution in [0.5, 0.6) is 0 Å². The Bertz CT molecular complexity index is 1020. The number of hydrogen-bond acceptors (Lipinski definition) is 5. The molecule has 4 rings (SSSR count). The number of furan rings is 1. The van der Waals surface area contributed by atoms with Crippen molar-refractivity contribution in [2.75, 3.05) is 11.9 Å². The lowest BCUT2D eigenvalue weighted by atomic mass is 10.1. The lowest BCUT2D eigenvalue weighted by Crippen LogP contribution is -2.27. The van der Waals surface area contributed by atoms with Crippen molar-refractivity contribution in [3.63, 3.8) is 0 Å². The van der Waals surface area contributed by atoms with Crippen molar-refractivity contribution in [2.45, 2.75) is 13.0 Å². The van der Waals surface area contributed by atoms with Gasteiger partial charge in [0.1, 0.15) is 5.76 Å². The van der Waals surface area contributed by atoms with Crippen LogP contribution in [-0.2, 0) is 16.1 Å². The van der Waals surface area contributed by atoms with Crippen molar-refractivity contribution in [3.8, 4) is 11.3 Å². The van der Waals surface area contributed by atoms with Gasteiger partial charge in [0.25, 0.3) is 0 Å². The molecule has 1 saturated heterocycles. The number of carbonyl (C=O) groups excluding carboxylic acids is 2. The van der Waals surface area contributed by atoms with Crippen LogP contribution < -0.4 is 5.32 Å². The molecule has 1 fully saturated rings. The fourth-order valence-electron chi connectivity index (χ4n) is 3.05. The minimum absolute atomic E-state index is 0.0675. The van der Waals surface area contributed by atoms with Crippen molar-refractivity contribution in [1.29, 1.82) is 0 Å². The van der Waals surface area contributed by atoms with Gasteiger partial charge in [0.15, 0.2) is 5.13 Å². The molecule has 28 heavy (non-hydrogen) atoms. The van der Waals surface area contributed by atoms with Gasteiger partial charge in [-0.25, -0.2) is 4.98 Å². The predicted octanol–water partition coefficient (Wildman–Crippen LogP) is 4.70. The van der Waals surface area contributed by atoms with E-state index in [1.54, 1.807) is 46.9 Å². The Labute approximate surface area is 175 Å². The van der Waals surface area contributed by atoms with Gasteiger partial charge in [-0.2, -0.15) is 0 Å². The molecule has 1 aromatic carbocycles. The molecule has 0 bridgehead atoms. The molecule has 9 heteroatoms. The first-order chi connectivity index (χ1) is 13.5. The summed E-state index contributed by atoms with van der Waals surface area (Å²) in [6.07, 6.45) is 1.73. The highest BCUT2D eigenvalue weighted by Gasteiger charge is 2.35. The van der Waals surface area contributed by atoms with Gasteiger partial charge >= 0.3 is 0 Å². The lowest BCUT2D eigenvalue weighted by Gasteiger charge is -2.14. The standard InChI is InChI=1S/C19H15Cl2N3O3S/c20-12-3-4-15(21)14(7-12)16-10-28-19(22-16)23-18(26)11-6-17(25)24(8-11)9-13-2-1-5-27-13/h1-5,7,10-11H,6,8-9H2,(H,22,23,26). The fraction of sp³-hybridized carbons (Fsp3) is 0.211. The van der Waals surface area contributed by atoms with E-state index in [1.165, 1.54) is 11.3 Å². The van der Waals surface area contributed by atoms with Crippen LogP contribution in [0.15, 0.2) is 46.4 Å². The number of anilines is 1. The van der Waals surface area contributed by atoms with Gasteiger partial charge in [-0.3, -0.25) is 9.59 Å². The maximum absolute atomic E-state index is 12.6. The summed E-state index contributed by atoms with van der Waals surface area (Å²) in [6.45, 7) is 0.716. The van der Waals surface area contributed by atoms with Crippen molar-refractivity contribution < 1.29 is 14.0 Å². The summed E-state index contributed by atoms with van der Waals surface area (Å²) in [7, 11) is 0. The first-order valence-corrected chi connectivity index (χ1v) is 10.1. The number of aromatic nitrogens is 1. The first kappa shape index (κ1) is 19.0. The number of hydrogen-bond donors (Lipinski definition) is 1. The molecule has 6 nitrogen and oxygen atoms in total. The van der Waals surface area contributed by atoms with E-state index < -0.39 is 5.92 Å². The summed E-state index contributed by atoms with van der Waals surface area (Å²) < 4.78 is 5.27. The Balaban J connectivity index is 1.41. The molecule has 0 radical (unpaired) electrons. The van der Waals surface area contributed by atoms with Crippen LogP contribution in [0, 0.1) is 5.92 Å². The third-order valence-corrected chi connectivity index (χ3v) is 5.77. The summed E-state index contributed by atoms with van der Waals surface area (Å²) in [4.78, 5) is 30.8. The van der Waals surface area contributed by atoms with Crippen molar-refractivity contribution in [3.05, 3.63) is 57.8 Å². The molecule has 3 aromatic rings. The number of thiazole rings is 1. The number of nitrogens with zero attached hydrogens (tertiary/aromatic N) is 2. The van der Waals surface area contributed by atoms with E-state index in [4.69, 9.17) is 27.6 Å². The molecule has 144 valence electrons. The highest BCUT2D eigenvalue weighted by atomic mass is 35.5. The maximum Gasteiger partial charge on any atom is 0.231 e. The van der Waals surface area contributed by atoms with E-state index in [-0.39, 0.29) is 18.2 Å². The van der Waals surface area contributed by atoms with Gasteiger partial charge in [0.05, 0.1) is 29.4 Å². The second-order valence-electron chi connectivity index (χ2n) is 6.41. The van der Waals surface area contributed by atoms with Gasteiger partial charge in [-0.05, 0) is 30.3 Å². The number of benzene rings is 1. The average Bonchev–Trinajstić information content (AvgIpc) is 3.40. The Morgan fingerprint density at radius 1 is 1.36 bits per heavy atom. The number of carbonyl (C=O) groups is 2. The summed E-state index contributed by atoms with van der Waals surface area (Å²) in [5, 5.41) is 6.14. The van der Waals surface area contributed by atoms with Crippen LogP contribution in [0.3, 0.4) is 0 Å². The van der Waals surface area contributed by atoms with E-state index in [2.05, 4.69) is 10.3 Å². The first-order valence-electron chi connectivity index (χ1n) is 8.51. The third-order valence-electron chi connectivity index (χ3n) is 4.45. The number of nitrogens with one attached hydrogen (secondary N) is 1. The minimum atomic E-state index is -0.426. The molecule has 1 aliphatic heterocycles. The SMILES string of the molecule is O=C(Nc1nc(-c2cc(Cl)ccc2Cl)cs1)C1CC(=O)N(Cc2ccco2)C1. The molecule has 0 spiro atoms. The van der Waals surface area contributed by atoms with Crippen molar-refractivity contribution in [2.24, 2.45) is 5.92 Å². The summed E-state index contributed by atoms with van der Waals surface area (Å²) in [5.41, 5.74) is 1.33. The molecule has 1 unspecified atom stereocenters. The molecule has 1 atom stereocenters. The Hall–Kier alpha value is -2.35. The highest BCUT2D eigenvalue weighted by molar-refractivity contribution is 7.14. The smallest absolute Gasteiger partial charge is 0.231 e. The highest BCUT2D eigenvalue weighted by Crippen LogP contribution is 2.33. The summed E-state index contributed by atoms with van der Waals surface area (Å²) >= 11 is 13.5. The zero-order valence-corrected chi connectivity index (χ0v) is 16.9. The summed E-state index contributed by atoms with van der Waals surface area (Å²) in [6, 6.07) is 8.71. The Morgan fingerprint density at radius 2 is 2.21 bits per heavy atom. The van der Waals surface area contributed by atoms with Crippen LogP contribution in [-0.4, -0.2) is 28.2 Å². The van der Waals surface area contributed by atoms with Gasteiger partial charge in [0.2, 0.25) is 11.8 Å². The monoisotopic (exact) mass is 435 g/mol. The molecule has 0 aliphatic carbocycles. The van der Waals surface area contributed by atoms with E-state index in [9.17, 15) is 9.59 Å². The second-order valence-corrected chi connectivity index (χ2v) is 8.11. The molecule has 2 amide bonds. The number of rotatable bonds is 5. The van der Waals surface area contributed by atoms with Crippen molar-refractivity contribution >= 4 is 51.5 Å². The Morgan fingerprint density at radius 3 is 3.00 bits per heavy atom. The molecule has 0 saturated carbocycles. The lowest BCUT2D eigenvalue weighted by molar-refractivity contribution is -0.128. The van der Waals surface area contributed by atoms with Crippen LogP contribution in [0.25, 0.3) is 11.3 Å². The van der Waals surface area contributed by atoms with Crippen LogP contribution >= 0.6 is 34.5 Å². The van der Waals surface area contributed by atoms with Gasteiger partial charge in [-0.1, -0.05) is 23.2 Å². The normalized spacial score (nSPS) is 16.6. The van der Waals surface area contributed by atoms with Gasteiger partial charge in [-0.15, -0.1) is 11.3 Å². The van der Waals surface area contributed by atoms with Gasteiger partial charge < -0.3 is 14.6 Å². The van der Waals surface area contributed by atoms with Crippen LogP contribution in [0.1, 0.15) is 12.2 Å². The Kier molecular flexibility index (Phi) is 5.39. The molecule has 1 aliphatic rings. The number of likely N-dealkylation sites (tertiary alicyclic amines) is 1. The predicted molar refractivity (Wildman–Crippen MR) is 108 cm³/mol. The summed E-state index contributed by atoms with van der Waals surface area (Å²) in [5.74, 6) is -0.0302. The quantitative estimate of drug-likeness (QED) is 0.629. The molecule has 2 aromatic heterocycles. The van der Waals surface area contributed by atoms with E-state index in [1.807, 2.05) is 0 Å². The van der Waals surface area contributed by atoms with E-state index >= 15 is 0 Å². The van der Waals surface area contributed by atoms with E-state index in [0.717, 1.165) is 0 Å². The molecule has 1 N–H and O–H groups in total. The van der Waals surface area contributed by atoms with Crippen LogP contribution in [0.4, 0.5) is 5.13 Å². The van der Waals surface area contributed by atoms with Crippen LogP contribution in [0.2, 0.25) is 10.0 Å². The minimum Gasteiger partial charge on any atom is -0.467 e. The van der Waals surface area contributed by atoms with Gasteiger partial charge in [0, 0.05) is 28.9 Å². The fourth-order valence-corrected chi connectivity index (χ4v) is 4.15. The van der Waals surface area contributed by atoms with Crippen molar-refractivity contribution in [1.82, 2.24) is 9.88 Å². The van der Waals surface area contributed by atoms with E-state index in [0.29, 0.717) is 45.3 Å². The topological polar surface area (TPSA) is 75.4 Å².